The smallest absolute Gasteiger partial charge is 0.234 e. The van der Waals surface area contributed by atoms with E-state index in [1.807, 2.05) is 24.3 Å². The minimum atomic E-state index is -0.440. The molecule has 0 atom stereocenters. The van der Waals surface area contributed by atoms with E-state index in [0.29, 0.717) is 23.4 Å². The first kappa shape index (κ1) is 22.6. The molecule has 31 heavy (non-hydrogen) atoms. The number of hydrogen-bond acceptors (Lipinski definition) is 5. The normalized spacial score (nSPS) is 10.8. The first-order valence-electron chi connectivity index (χ1n) is 9.91. The first-order valence-corrected chi connectivity index (χ1v) is 10.9. The lowest BCUT2D eigenvalue weighted by molar-refractivity contribution is -0.113. The van der Waals surface area contributed by atoms with Crippen molar-refractivity contribution in [2.24, 2.45) is 0 Å². The van der Waals surface area contributed by atoms with Gasteiger partial charge in [0.2, 0.25) is 5.91 Å². The number of nitrogens with one attached hydrogen (secondary N) is 1. The molecule has 0 bridgehead atoms. The fraction of sp³-hybridized carbons (Fsp3) is 0.261. The second kappa shape index (κ2) is 10.8. The van der Waals surface area contributed by atoms with E-state index in [0.717, 1.165) is 11.3 Å². The van der Waals surface area contributed by atoms with Crippen LogP contribution in [-0.4, -0.2) is 26.4 Å². The van der Waals surface area contributed by atoms with Gasteiger partial charge >= 0.3 is 0 Å². The summed E-state index contributed by atoms with van der Waals surface area (Å²) < 4.78 is 21.1. The number of amides is 1. The molecule has 3 rings (SSSR count). The predicted molar refractivity (Wildman–Crippen MR) is 121 cm³/mol. The van der Waals surface area contributed by atoms with E-state index in [1.54, 1.807) is 28.8 Å². The van der Waals surface area contributed by atoms with Gasteiger partial charge in [0.15, 0.2) is 22.5 Å². The van der Waals surface area contributed by atoms with Gasteiger partial charge in [-0.1, -0.05) is 62.0 Å². The lowest BCUT2D eigenvalue weighted by Gasteiger charge is -2.13. The van der Waals surface area contributed by atoms with Gasteiger partial charge in [-0.3, -0.25) is 9.36 Å². The summed E-state index contributed by atoms with van der Waals surface area (Å²) in [5.74, 6) is 0.581. The van der Waals surface area contributed by atoms with Crippen molar-refractivity contribution in [3.63, 3.8) is 0 Å². The van der Waals surface area contributed by atoms with Crippen LogP contribution in [0, 0.1) is 5.82 Å². The standard InChI is InChI=1S/C23H25FN4O2S/c1-4-13-28-21(14-30-20-12-8-6-10-18(20)24)26-27-23(28)31-15-22(29)25-19-11-7-5-9-17(19)16(2)3/h4-12,16H,1,13-15H2,2-3H3,(H,25,29). The number of benzene rings is 2. The Hall–Kier alpha value is -3.13. The zero-order valence-electron chi connectivity index (χ0n) is 17.5. The molecule has 2 aromatic carbocycles. The monoisotopic (exact) mass is 440 g/mol. The van der Waals surface area contributed by atoms with Crippen LogP contribution in [0.4, 0.5) is 10.1 Å². The third kappa shape index (κ3) is 5.95. The van der Waals surface area contributed by atoms with Crippen LogP contribution in [0.1, 0.15) is 31.2 Å². The van der Waals surface area contributed by atoms with Crippen LogP contribution in [-0.2, 0) is 17.9 Å². The molecule has 8 heteroatoms. The number of aromatic nitrogens is 3. The van der Waals surface area contributed by atoms with E-state index in [-0.39, 0.29) is 24.0 Å². The van der Waals surface area contributed by atoms with Crippen LogP contribution in [0.15, 0.2) is 66.3 Å². The number of allylic oxidation sites excluding steroid dienone is 1. The summed E-state index contributed by atoms with van der Waals surface area (Å²) in [6, 6.07) is 14.0. The molecule has 1 heterocycles. The van der Waals surface area contributed by atoms with Gasteiger partial charge in [0, 0.05) is 12.2 Å². The highest BCUT2D eigenvalue weighted by Crippen LogP contribution is 2.25. The van der Waals surface area contributed by atoms with Gasteiger partial charge in [-0.05, 0) is 29.7 Å². The van der Waals surface area contributed by atoms with Crippen LogP contribution < -0.4 is 10.1 Å². The predicted octanol–water partition coefficient (Wildman–Crippen LogP) is 5.04. The van der Waals surface area contributed by atoms with Crippen molar-refractivity contribution in [2.45, 2.75) is 38.1 Å². The maximum Gasteiger partial charge on any atom is 0.234 e. The number of ether oxygens (including phenoxy) is 1. The van der Waals surface area contributed by atoms with Crippen molar-refractivity contribution in [2.75, 3.05) is 11.1 Å². The number of para-hydroxylation sites is 2. The number of hydrogen-bond donors (Lipinski definition) is 1. The molecule has 1 aromatic heterocycles. The summed E-state index contributed by atoms with van der Waals surface area (Å²) in [6.45, 7) is 8.43. The third-order valence-corrected chi connectivity index (χ3v) is 5.45. The Morgan fingerprint density at radius 3 is 2.71 bits per heavy atom. The van der Waals surface area contributed by atoms with Gasteiger partial charge < -0.3 is 10.1 Å². The number of carbonyl (C=O) groups is 1. The summed E-state index contributed by atoms with van der Waals surface area (Å²) in [6.07, 6.45) is 1.71. The Balaban J connectivity index is 1.64. The number of halogens is 1. The highest BCUT2D eigenvalue weighted by Gasteiger charge is 2.16. The molecule has 0 spiro atoms. The second-order valence-electron chi connectivity index (χ2n) is 7.10. The molecule has 1 amide bonds. The van der Waals surface area contributed by atoms with E-state index >= 15 is 0 Å². The molecule has 1 N–H and O–H groups in total. The largest absolute Gasteiger partial charge is 0.483 e. The average Bonchev–Trinajstić information content (AvgIpc) is 3.14. The lowest BCUT2D eigenvalue weighted by Crippen LogP contribution is -2.16. The van der Waals surface area contributed by atoms with Gasteiger partial charge in [-0.15, -0.1) is 16.8 Å². The zero-order valence-corrected chi connectivity index (χ0v) is 18.4. The van der Waals surface area contributed by atoms with Crippen LogP contribution in [0.5, 0.6) is 5.75 Å². The van der Waals surface area contributed by atoms with Gasteiger partial charge in [-0.25, -0.2) is 4.39 Å². The second-order valence-corrected chi connectivity index (χ2v) is 8.04. The molecule has 0 radical (unpaired) electrons. The van der Waals surface area contributed by atoms with Crippen LogP contribution in [0.3, 0.4) is 0 Å². The van der Waals surface area contributed by atoms with Crippen molar-refractivity contribution in [3.05, 3.63) is 78.4 Å². The number of thioether (sulfide) groups is 1. The average molecular weight is 441 g/mol. The van der Waals surface area contributed by atoms with E-state index in [2.05, 4.69) is 35.9 Å². The maximum absolute atomic E-state index is 13.8. The molecule has 3 aromatic rings. The number of carbonyl (C=O) groups excluding carboxylic acids is 1. The van der Waals surface area contributed by atoms with Crippen molar-refractivity contribution in [1.82, 2.24) is 14.8 Å². The fourth-order valence-electron chi connectivity index (χ4n) is 2.98. The molecule has 0 saturated heterocycles. The van der Waals surface area contributed by atoms with E-state index in [1.165, 1.54) is 17.8 Å². The van der Waals surface area contributed by atoms with Gasteiger partial charge in [-0.2, -0.15) is 0 Å². The summed E-state index contributed by atoms with van der Waals surface area (Å²) >= 11 is 1.27. The highest BCUT2D eigenvalue weighted by atomic mass is 32.2. The highest BCUT2D eigenvalue weighted by molar-refractivity contribution is 7.99. The SMILES string of the molecule is C=CCn1c(COc2ccccc2F)nnc1SCC(=O)Nc1ccccc1C(C)C. The molecule has 0 fully saturated rings. The van der Waals surface area contributed by atoms with E-state index in [4.69, 9.17) is 4.74 Å². The van der Waals surface area contributed by atoms with Crippen LogP contribution in [0.25, 0.3) is 0 Å². The number of anilines is 1. The van der Waals surface area contributed by atoms with Crippen molar-refractivity contribution >= 4 is 23.4 Å². The molecule has 0 aliphatic carbocycles. The molecule has 0 saturated carbocycles. The zero-order chi connectivity index (χ0) is 22.2. The van der Waals surface area contributed by atoms with E-state index < -0.39 is 5.82 Å². The van der Waals surface area contributed by atoms with Crippen LogP contribution >= 0.6 is 11.8 Å². The minimum Gasteiger partial charge on any atom is -0.483 e. The van der Waals surface area contributed by atoms with Gasteiger partial charge in [0.05, 0.1) is 5.75 Å². The van der Waals surface area contributed by atoms with Gasteiger partial charge in [0.1, 0.15) is 6.61 Å². The first-order chi connectivity index (χ1) is 15.0. The Morgan fingerprint density at radius 1 is 1.23 bits per heavy atom. The molecule has 0 aliphatic rings. The quantitative estimate of drug-likeness (QED) is 0.353. The Kier molecular flexibility index (Phi) is 7.83. The molecule has 6 nitrogen and oxygen atoms in total. The lowest BCUT2D eigenvalue weighted by atomic mass is 10.0. The Labute approximate surface area is 185 Å². The summed E-state index contributed by atoms with van der Waals surface area (Å²) in [7, 11) is 0. The van der Waals surface area contributed by atoms with Gasteiger partial charge in [0.25, 0.3) is 0 Å². The summed E-state index contributed by atoms with van der Waals surface area (Å²) in [4.78, 5) is 12.5. The topological polar surface area (TPSA) is 69.0 Å². The minimum absolute atomic E-state index is 0.0519. The number of nitrogens with zero attached hydrogens (tertiary/aromatic N) is 3. The van der Waals surface area contributed by atoms with Crippen molar-refractivity contribution in [1.29, 1.82) is 0 Å². The van der Waals surface area contributed by atoms with Crippen molar-refractivity contribution in [3.8, 4) is 5.75 Å². The fourth-order valence-corrected chi connectivity index (χ4v) is 3.75. The summed E-state index contributed by atoms with van der Waals surface area (Å²) in [5.41, 5.74) is 1.90. The van der Waals surface area contributed by atoms with E-state index in [9.17, 15) is 9.18 Å². The molecule has 0 unspecified atom stereocenters. The maximum atomic E-state index is 13.8. The molecular formula is C23H25FN4O2S. The Bertz CT molecular complexity index is 1050. The molecule has 162 valence electrons. The van der Waals surface area contributed by atoms with Crippen molar-refractivity contribution < 1.29 is 13.9 Å². The van der Waals surface area contributed by atoms with Crippen LogP contribution in [0.2, 0.25) is 0 Å². The molecule has 0 aliphatic heterocycles. The summed E-state index contributed by atoms with van der Waals surface area (Å²) in [5, 5.41) is 11.9. The third-order valence-electron chi connectivity index (χ3n) is 4.49. The Morgan fingerprint density at radius 2 is 1.97 bits per heavy atom. The number of rotatable bonds is 10. The molecular weight excluding hydrogens is 415 g/mol.